The number of likely N-dealkylation sites (tertiary alicyclic amines) is 1. The summed E-state index contributed by atoms with van der Waals surface area (Å²) in [6.07, 6.45) is 2.69. The lowest BCUT2D eigenvalue weighted by molar-refractivity contribution is 0.237. The molecule has 0 aliphatic carbocycles. The number of hydrogen-bond acceptors (Lipinski definition) is 4. The van der Waals surface area contributed by atoms with Crippen molar-refractivity contribution in [3.63, 3.8) is 0 Å². The molecule has 0 unspecified atom stereocenters. The predicted molar refractivity (Wildman–Crippen MR) is 87.3 cm³/mol. The number of anilines is 1. The quantitative estimate of drug-likeness (QED) is 0.824. The van der Waals surface area contributed by atoms with Crippen molar-refractivity contribution in [2.45, 2.75) is 12.8 Å². The fourth-order valence-electron chi connectivity index (χ4n) is 3.18. The number of nitrogens with zero attached hydrogens (tertiary/aromatic N) is 3. The van der Waals surface area contributed by atoms with Crippen LogP contribution in [0.2, 0.25) is 0 Å². The monoisotopic (exact) mass is 289 g/mol. The number of benzene rings is 1. The van der Waals surface area contributed by atoms with Gasteiger partial charge < -0.3 is 14.5 Å². The van der Waals surface area contributed by atoms with E-state index in [-0.39, 0.29) is 0 Å². The van der Waals surface area contributed by atoms with Crippen LogP contribution in [0.1, 0.15) is 12.8 Å². The summed E-state index contributed by atoms with van der Waals surface area (Å²) in [5.74, 6) is 1.04. The Bertz CT molecular complexity index is 437. The topological polar surface area (TPSA) is 19.0 Å². The van der Waals surface area contributed by atoms with E-state index >= 15 is 0 Å². The van der Waals surface area contributed by atoms with E-state index in [0.29, 0.717) is 0 Å². The molecular formula is C17H27N3O. The minimum absolute atomic E-state index is 0.796. The zero-order valence-electron chi connectivity index (χ0n) is 13.1. The number of rotatable bonds is 5. The molecule has 4 nitrogen and oxygen atoms in total. The van der Waals surface area contributed by atoms with Crippen LogP contribution in [0, 0.1) is 0 Å². The standard InChI is InChI=1S/C17H27N3O/c1-18-10-12-20(13-11-18)16-6-2-3-7-17(16)21-15-14-19-8-4-5-9-19/h2-3,6-7H,4-5,8-15H2,1H3. The molecule has 0 radical (unpaired) electrons. The minimum atomic E-state index is 0.796. The molecule has 3 rings (SSSR count). The van der Waals surface area contributed by atoms with E-state index in [2.05, 4.69) is 46.0 Å². The van der Waals surface area contributed by atoms with Crippen molar-refractivity contribution in [3.8, 4) is 5.75 Å². The highest BCUT2D eigenvalue weighted by Gasteiger charge is 2.17. The van der Waals surface area contributed by atoms with Crippen molar-refractivity contribution < 1.29 is 4.74 Å². The third-order valence-electron chi connectivity index (χ3n) is 4.57. The van der Waals surface area contributed by atoms with E-state index in [9.17, 15) is 0 Å². The summed E-state index contributed by atoms with van der Waals surface area (Å²) in [7, 11) is 2.19. The van der Waals surface area contributed by atoms with Gasteiger partial charge in [0.15, 0.2) is 0 Å². The first kappa shape index (κ1) is 14.7. The van der Waals surface area contributed by atoms with Gasteiger partial charge in [0.1, 0.15) is 12.4 Å². The van der Waals surface area contributed by atoms with Gasteiger partial charge in [-0.2, -0.15) is 0 Å². The maximum absolute atomic E-state index is 6.08. The molecule has 2 heterocycles. The first-order chi connectivity index (χ1) is 10.3. The maximum Gasteiger partial charge on any atom is 0.142 e. The van der Waals surface area contributed by atoms with Gasteiger partial charge >= 0.3 is 0 Å². The Morgan fingerprint density at radius 3 is 2.43 bits per heavy atom. The van der Waals surface area contributed by atoms with Crippen molar-refractivity contribution in [2.24, 2.45) is 0 Å². The fraction of sp³-hybridized carbons (Fsp3) is 0.647. The molecule has 0 amide bonds. The van der Waals surface area contributed by atoms with Crippen LogP contribution in [0.25, 0.3) is 0 Å². The summed E-state index contributed by atoms with van der Waals surface area (Å²) in [6.45, 7) is 8.75. The van der Waals surface area contributed by atoms with E-state index in [1.54, 1.807) is 0 Å². The third kappa shape index (κ3) is 3.89. The van der Waals surface area contributed by atoms with Crippen LogP contribution in [-0.4, -0.2) is 69.3 Å². The average molecular weight is 289 g/mol. The molecule has 1 aromatic rings. The third-order valence-corrected chi connectivity index (χ3v) is 4.57. The van der Waals surface area contributed by atoms with E-state index in [1.165, 1.54) is 31.6 Å². The summed E-state index contributed by atoms with van der Waals surface area (Å²) >= 11 is 0. The maximum atomic E-state index is 6.08. The Labute approximate surface area is 128 Å². The molecule has 0 aromatic heterocycles. The van der Waals surface area contributed by atoms with Crippen molar-refractivity contribution >= 4 is 5.69 Å². The molecule has 1 aromatic carbocycles. The van der Waals surface area contributed by atoms with Crippen molar-refractivity contribution in [3.05, 3.63) is 24.3 Å². The highest BCUT2D eigenvalue weighted by Crippen LogP contribution is 2.28. The molecule has 2 aliphatic heterocycles. The molecule has 21 heavy (non-hydrogen) atoms. The fourth-order valence-corrected chi connectivity index (χ4v) is 3.18. The van der Waals surface area contributed by atoms with Crippen molar-refractivity contribution in [1.82, 2.24) is 9.80 Å². The Balaban J connectivity index is 1.56. The van der Waals surface area contributed by atoms with Crippen LogP contribution in [0.5, 0.6) is 5.75 Å². The van der Waals surface area contributed by atoms with E-state index in [4.69, 9.17) is 4.74 Å². The number of hydrogen-bond donors (Lipinski definition) is 0. The zero-order chi connectivity index (χ0) is 14.5. The summed E-state index contributed by atoms with van der Waals surface area (Å²) in [4.78, 5) is 7.33. The Morgan fingerprint density at radius 1 is 0.952 bits per heavy atom. The highest BCUT2D eigenvalue weighted by atomic mass is 16.5. The van der Waals surface area contributed by atoms with Gasteiger partial charge in [-0.3, -0.25) is 4.90 Å². The predicted octanol–water partition coefficient (Wildman–Crippen LogP) is 1.91. The second-order valence-electron chi connectivity index (χ2n) is 6.16. The Kier molecular flexibility index (Phi) is 4.99. The Morgan fingerprint density at radius 2 is 1.67 bits per heavy atom. The van der Waals surface area contributed by atoms with Gasteiger partial charge in [-0.1, -0.05) is 12.1 Å². The number of piperazine rings is 1. The van der Waals surface area contributed by atoms with Gasteiger partial charge in [0.2, 0.25) is 0 Å². The summed E-state index contributed by atoms with van der Waals surface area (Å²) in [5, 5.41) is 0. The summed E-state index contributed by atoms with van der Waals surface area (Å²) < 4.78 is 6.08. The summed E-state index contributed by atoms with van der Waals surface area (Å²) in [5.41, 5.74) is 1.26. The van der Waals surface area contributed by atoms with Crippen LogP contribution >= 0.6 is 0 Å². The van der Waals surface area contributed by atoms with Gasteiger partial charge in [-0.05, 0) is 45.1 Å². The summed E-state index contributed by atoms with van der Waals surface area (Å²) in [6, 6.07) is 8.49. The molecule has 0 atom stereocenters. The van der Waals surface area contributed by atoms with Gasteiger partial charge in [-0.15, -0.1) is 0 Å². The van der Waals surface area contributed by atoms with E-state index < -0.39 is 0 Å². The molecule has 2 saturated heterocycles. The highest BCUT2D eigenvalue weighted by molar-refractivity contribution is 5.58. The van der Waals surface area contributed by atoms with Crippen LogP contribution in [0.3, 0.4) is 0 Å². The molecule has 0 bridgehead atoms. The number of likely N-dealkylation sites (N-methyl/N-ethyl adjacent to an activating group) is 1. The molecule has 116 valence electrons. The second-order valence-corrected chi connectivity index (χ2v) is 6.16. The lowest BCUT2D eigenvalue weighted by Crippen LogP contribution is -2.44. The molecular weight excluding hydrogens is 262 g/mol. The SMILES string of the molecule is CN1CCN(c2ccccc2OCCN2CCCC2)CC1. The van der Waals surface area contributed by atoms with Crippen LogP contribution in [-0.2, 0) is 0 Å². The minimum Gasteiger partial charge on any atom is -0.490 e. The molecule has 2 aliphatic rings. The van der Waals surface area contributed by atoms with Crippen LogP contribution in [0.15, 0.2) is 24.3 Å². The van der Waals surface area contributed by atoms with Crippen LogP contribution in [0.4, 0.5) is 5.69 Å². The van der Waals surface area contributed by atoms with E-state index in [0.717, 1.165) is 45.1 Å². The molecule has 4 heteroatoms. The Hall–Kier alpha value is -1.26. The number of ether oxygens (including phenoxy) is 1. The van der Waals surface area contributed by atoms with Gasteiger partial charge in [0.05, 0.1) is 5.69 Å². The molecule has 0 spiro atoms. The van der Waals surface area contributed by atoms with Crippen LogP contribution < -0.4 is 9.64 Å². The lowest BCUT2D eigenvalue weighted by Gasteiger charge is -2.34. The molecule has 2 fully saturated rings. The second kappa shape index (κ2) is 7.14. The normalized spacial score (nSPS) is 20.9. The van der Waals surface area contributed by atoms with Gasteiger partial charge in [-0.25, -0.2) is 0 Å². The largest absolute Gasteiger partial charge is 0.490 e. The van der Waals surface area contributed by atoms with Gasteiger partial charge in [0, 0.05) is 32.7 Å². The molecule has 0 N–H and O–H groups in total. The number of para-hydroxylation sites is 2. The molecule has 0 saturated carbocycles. The average Bonchev–Trinajstić information content (AvgIpc) is 3.02. The van der Waals surface area contributed by atoms with Crippen molar-refractivity contribution in [1.29, 1.82) is 0 Å². The van der Waals surface area contributed by atoms with Gasteiger partial charge in [0.25, 0.3) is 0 Å². The van der Waals surface area contributed by atoms with Crippen molar-refractivity contribution in [2.75, 3.05) is 64.4 Å². The first-order valence-corrected chi connectivity index (χ1v) is 8.20. The van der Waals surface area contributed by atoms with E-state index in [1.807, 2.05) is 0 Å². The zero-order valence-corrected chi connectivity index (χ0v) is 13.1. The lowest BCUT2D eigenvalue weighted by atomic mass is 10.2. The smallest absolute Gasteiger partial charge is 0.142 e. The first-order valence-electron chi connectivity index (χ1n) is 8.20.